The summed E-state index contributed by atoms with van der Waals surface area (Å²) in [5, 5.41) is 21.0. The van der Waals surface area contributed by atoms with Crippen LogP contribution < -0.4 is 5.32 Å². The fourth-order valence-electron chi connectivity index (χ4n) is 2.37. The number of rotatable bonds is 3. The number of aliphatic hydroxyl groups is 1. The zero-order valence-electron chi connectivity index (χ0n) is 10.7. The first-order chi connectivity index (χ1) is 9.19. The molecule has 0 spiro atoms. The molecule has 0 aliphatic heterocycles. The van der Waals surface area contributed by atoms with Gasteiger partial charge in [-0.1, -0.05) is 6.42 Å². The number of hydrogen-bond acceptors (Lipinski definition) is 4. The second-order valence-corrected chi connectivity index (χ2v) is 4.94. The summed E-state index contributed by atoms with van der Waals surface area (Å²) >= 11 is 0. The molecule has 1 heterocycles. The molecule has 1 fully saturated rings. The van der Waals surface area contributed by atoms with E-state index >= 15 is 0 Å². The third-order valence-corrected chi connectivity index (χ3v) is 3.43. The highest BCUT2D eigenvalue weighted by Gasteiger charge is 2.20. The molecule has 1 saturated carbocycles. The Bertz CT molecular complexity index is 478. The highest BCUT2D eigenvalue weighted by atomic mass is 16.3. The standard InChI is InChI=1S/C14H17N3O2/c15-7-11-4-5-13(16-9-11)14(19)17-8-10-2-1-3-12(18)6-10/h4-5,9-10,12,18H,1-3,6,8H2,(H,17,19). The van der Waals surface area contributed by atoms with Crippen LogP contribution in [0.15, 0.2) is 18.3 Å². The van der Waals surface area contributed by atoms with Gasteiger partial charge in [0.05, 0.1) is 11.7 Å². The van der Waals surface area contributed by atoms with Gasteiger partial charge < -0.3 is 10.4 Å². The molecule has 1 aromatic heterocycles. The quantitative estimate of drug-likeness (QED) is 0.855. The Hall–Kier alpha value is -1.93. The highest BCUT2D eigenvalue weighted by molar-refractivity contribution is 5.92. The van der Waals surface area contributed by atoms with E-state index in [1.807, 2.05) is 6.07 Å². The molecule has 1 aliphatic carbocycles. The van der Waals surface area contributed by atoms with E-state index in [0.717, 1.165) is 25.7 Å². The molecule has 0 radical (unpaired) electrons. The van der Waals surface area contributed by atoms with Gasteiger partial charge in [-0.05, 0) is 37.3 Å². The number of hydrogen-bond donors (Lipinski definition) is 2. The van der Waals surface area contributed by atoms with E-state index in [1.54, 1.807) is 12.1 Å². The minimum absolute atomic E-state index is 0.232. The van der Waals surface area contributed by atoms with Gasteiger partial charge in [-0.3, -0.25) is 4.79 Å². The SMILES string of the molecule is N#Cc1ccc(C(=O)NCC2CCCC(O)C2)nc1. The molecule has 2 N–H and O–H groups in total. The highest BCUT2D eigenvalue weighted by Crippen LogP contribution is 2.23. The van der Waals surface area contributed by atoms with Crippen molar-refractivity contribution in [3.63, 3.8) is 0 Å². The summed E-state index contributed by atoms with van der Waals surface area (Å²) in [7, 11) is 0. The summed E-state index contributed by atoms with van der Waals surface area (Å²) in [4.78, 5) is 15.8. The van der Waals surface area contributed by atoms with Gasteiger partial charge in [-0.2, -0.15) is 5.26 Å². The number of aromatic nitrogens is 1. The Balaban J connectivity index is 1.85. The fourth-order valence-corrected chi connectivity index (χ4v) is 2.37. The molecular formula is C14H17N3O2. The minimum Gasteiger partial charge on any atom is -0.393 e. The lowest BCUT2D eigenvalue weighted by molar-refractivity contribution is 0.0870. The number of nitrogens with zero attached hydrogens (tertiary/aromatic N) is 2. The number of amides is 1. The Morgan fingerprint density at radius 3 is 3.00 bits per heavy atom. The van der Waals surface area contributed by atoms with Crippen molar-refractivity contribution in [2.24, 2.45) is 5.92 Å². The lowest BCUT2D eigenvalue weighted by atomic mass is 9.87. The lowest BCUT2D eigenvalue weighted by Gasteiger charge is -2.25. The number of pyridine rings is 1. The van der Waals surface area contributed by atoms with Crippen LogP contribution in [0.25, 0.3) is 0 Å². The Kier molecular flexibility index (Phi) is 4.48. The van der Waals surface area contributed by atoms with Crippen molar-refractivity contribution in [2.45, 2.75) is 31.8 Å². The summed E-state index contributed by atoms with van der Waals surface area (Å²) in [6.45, 7) is 0.567. The number of aliphatic hydroxyl groups excluding tert-OH is 1. The predicted molar refractivity (Wildman–Crippen MR) is 69.3 cm³/mol. The maximum absolute atomic E-state index is 11.8. The molecule has 5 nitrogen and oxygen atoms in total. The van der Waals surface area contributed by atoms with Crippen molar-refractivity contribution >= 4 is 5.91 Å². The molecule has 1 aromatic rings. The van der Waals surface area contributed by atoms with Crippen molar-refractivity contribution in [3.05, 3.63) is 29.6 Å². The third kappa shape index (κ3) is 3.76. The molecule has 1 aliphatic rings. The van der Waals surface area contributed by atoms with Gasteiger partial charge in [0.2, 0.25) is 0 Å². The molecule has 5 heteroatoms. The van der Waals surface area contributed by atoms with Crippen molar-refractivity contribution in [3.8, 4) is 6.07 Å². The molecule has 0 saturated heterocycles. The van der Waals surface area contributed by atoms with Crippen molar-refractivity contribution in [1.82, 2.24) is 10.3 Å². The Morgan fingerprint density at radius 1 is 1.53 bits per heavy atom. The van der Waals surface area contributed by atoms with Crippen molar-refractivity contribution in [2.75, 3.05) is 6.54 Å². The Morgan fingerprint density at radius 2 is 2.37 bits per heavy atom. The van der Waals surface area contributed by atoms with Crippen LogP contribution in [0.1, 0.15) is 41.7 Å². The average Bonchev–Trinajstić information content (AvgIpc) is 2.45. The molecular weight excluding hydrogens is 242 g/mol. The molecule has 1 amide bonds. The van der Waals surface area contributed by atoms with Gasteiger partial charge in [0.25, 0.3) is 5.91 Å². The molecule has 2 rings (SSSR count). The van der Waals surface area contributed by atoms with E-state index in [1.165, 1.54) is 6.20 Å². The molecule has 0 bridgehead atoms. The van der Waals surface area contributed by atoms with Crippen LogP contribution in [0, 0.1) is 17.2 Å². The summed E-state index contributed by atoms with van der Waals surface area (Å²) in [6, 6.07) is 5.08. The molecule has 0 aromatic carbocycles. The topological polar surface area (TPSA) is 86.0 Å². The van der Waals surface area contributed by atoms with Gasteiger partial charge in [-0.25, -0.2) is 4.98 Å². The summed E-state index contributed by atoms with van der Waals surface area (Å²) < 4.78 is 0. The molecule has 19 heavy (non-hydrogen) atoms. The molecule has 2 unspecified atom stereocenters. The van der Waals surface area contributed by atoms with E-state index in [4.69, 9.17) is 5.26 Å². The zero-order valence-corrected chi connectivity index (χ0v) is 10.7. The molecule has 2 atom stereocenters. The number of nitriles is 1. The number of nitrogens with one attached hydrogen (secondary N) is 1. The van der Waals surface area contributed by atoms with E-state index in [-0.39, 0.29) is 12.0 Å². The van der Waals surface area contributed by atoms with Gasteiger partial charge in [-0.15, -0.1) is 0 Å². The zero-order chi connectivity index (χ0) is 13.7. The van der Waals surface area contributed by atoms with E-state index < -0.39 is 0 Å². The monoisotopic (exact) mass is 259 g/mol. The van der Waals surface area contributed by atoms with Crippen molar-refractivity contribution in [1.29, 1.82) is 5.26 Å². The van der Waals surface area contributed by atoms with Crippen LogP contribution >= 0.6 is 0 Å². The Labute approximate surface area is 112 Å². The fraction of sp³-hybridized carbons (Fsp3) is 0.500. The average molecular weight is 259 g/mol. The van der Waals surface area contributed by atoms with Crippen LogP contribution in [-0.4, -0.2) is 28.6 Å². The van der Waals surface area contributed by atoms with Gasteiger partial charge >= 0.3 is 0 Å². The first-order valence-corrected chi connectivity index (χ1v) is 6.51. The van der Waals surface area contributed by atoms with Crippen LogP contribution in [0.3, 0.4) is 0 Å². The first kappa shape index (κ1) is 13.5. The minimum atomic E-state index is -0.233. The van der Waals surface area contributed by atoms with Crippen LogP contribution in [-0.2, 0) is 0 Å². The van der Waals surface area contributed by atoms with Crippen molar-refractivity contribution < 1.29 is 9.90 Å². The lowest BCUT2D eigenvalue weighted by Crippen LogP contribution is -2.33. The molecule has 100 valence electrons. The predicted octanol–water partition coefficient (Wildman–Crippen LogP) is 1.23. The van der Waals surface area contributed by atoms with Crippen LogP contribution in [0.5, 0.6) is 0 Å². The van der Waals surface area contributed by atoms with Gasteiger partial charge in [0, 0.05) is 12.7 Å². The second-order valence-electron chi connectivity index (χ2n) is 4.94. The van der Waals surface area contributed by atoms with E-state index in [2.05, 4.69) is 10.3 Å². The summed E-state index contributed by atoms with van der Waals surface area (Å²) in [5.74, 6) is 0.107. The number of carbonyl (C=O) groups excluding carboxylic acids is 1. The second kappa shape index (κ2) is 6.30. The maximum atomic E-state index is 11.8. The van der Waals surface area contributed by atoms with Crippen LogP contribution in [0.4, 0.5) is 0 Å². The normalized spacial score (nSPS) is 22.5. The van der Waals surface area contributed by atoms with Gasteiger partial charge in [0.15, 0.2) is 0 Å². The summed E-state index contributed by atoms with van der Waals surface area (Å²) in [6.07, 6.45) is 4.82. The summed E-state index contributed by atoms with van der Waals surface area (Å²) in [5.41, 5.74) is 0.752. The maximum Gasteiger partial charge on any atom is 0.269 e. The first-order valence-electron chi connectivity index (χ1n) is 6.51. The van der Waals surface area contributed by atoms with E-state index in [9.17, 15) is 9.90 Å². The third-order valence-electron chi connectivity index (χ3n) is 3.43. The van der Waals surface area contributed by atoms with Crippen LogP contribution in [0.2, 0.25) is 0 Å². The van der Waals surface area contributed by atoms with Gasteiger partial charge in [0.1, 0.15) is 11.8 Å². The smallest absolute Gasteiger partial charge is 0.269 e. The van der Waals surface area contributed by atoms with E-state index in [0.29, 0.717) is 23.7 Å². The number of carbonyl (C=O) groups is 1. The largest absolute Gasteiger partial charge is 0.393 e.